The second-order valence-electron chi connectivity index (χ2n) is 5.39. The normalized spacial score (nSPS) is 15.7. The van der Waals surface area contributed by atoms with Crippen LogP contribution in [0.4, 0.5) is 4.79 Å². The summed E-state index contributed by atoms with van der Waals surface area (Å²) in [5.41, 5.74) is 10.9. The number of hydrogen-bond acceptors (Lipinski definition) is 8. The molecule has 4 atom stereocenters. The lowest BCUT2D eigenvalue weighted by Gasteiger charge is -2.19. The number of carboxylic acid groups (broad SMARTS) is 1. The van der Waals surface area contributed by atoms with Gasteiger partial charge < -0.3 is 36.7 Å². The summed E-state index contributed by atoms with van der Waals surface area (Å²) in [7, 11) is 0. The van der Waals surface area contributed by atoms with Crippen molar-refractivity contribution in [2.45, 2.75) is 50.9 Å². The maximum absolute atomic E-state index is 12.0. The van der Waals surface area contributed by atoms with E-state index >= 15 is 0 Å². The van der Waals surface area contributed by atoms with Crippen LogP contribution in [0, 0.1) is 0 Å². The van der Waals surface area contributed by atoms with Crippen molar-refractivity contribution in [3.8, 4) is 0 Å². The van der Waals surface area contributed by atoms with E-state index in [1.165, 1.54) is 6.92 Å². The zero-order valence-corrected chi connectivity index (χ0v) is 13.8. The molecular formula is C13H22N6O6. The number of aliphatic hydroxyl groups is 1. The van der Waals surface area contributed by atoms with Gasteiger partial charge in [0.15, 0.2) is 6.04 Å². The van der Waals surface area contributed by atoms with E-state index in [2.05, 4.69) is 20.8 Å². The van der Waals surface area contributed by atoms with Gasteiger partial charge in [-0.05, 0) is 13.3 Å². The van der Waals surface area contributed by atoms with E-state index in [1.54, 1.807) is 0 Å². The summed E-state index contributed by atoms with van der Waals surface area (Å²) < 4.78 is 5.34. The number of urea groups is 1. The minimum absolute atomic E-state index is 0.100. The quantitative estimate of drug-likeness (QED) is 0.304. The number of amides is 3. The van der Waals surface area contributed by atoms with Crippen molar-refractivity contribution >= 4 is 17.9 Å². The van der Waals surface area contributed by atoms with Crippen molar-refractivity contribution in [2.75, 3.05) is 0 Å². The van der Waals surface area contributed by atoms with Crippen LogP contribution in [0.5, 0.6) is 0 Å². The smallest absolute Gasteiger partial charge is 0.328 e. The fourth-order valence-electron chi connectivity index (χ4n) is 1.84. The molecule has 0 saturated carbocycles. The number of hydrogen-bond donors (Lipinski definition) is 6. The first-order chi connectivity index (χ1) is 11.6. The first-order valence-electron chi connectivity index (χ1n) is 7.50. The number of aliphatic hydroxyl groups excluding tert-OH is 1. The lowest BCUT2D eigenvalue weighted by Crippen LogP contribution is -2.52. The Morgan fingerprint density at radius 2 is 1.84 bits per heavy atom. The van der Waals surface area contributed by atoms with Crippen molar-refractivity contribution in [1.82, 2.24) is 20.8 Å². The lowest BCUT2D eigenvalue weighted by molar-refractivity contribution is -0.141. The summed E-state index contributed by atoms with van der Waals surface area (Å²) in [5, 5.41) is 30.2. The summed E-state index contributed by atoms with van der Waals surface area (Å²) >= 11 is 0. The van der Waals surface area contributed by atoms with E-state index in [4.69, 9.17) is 21.0 Å². The Morgan fingerprint density at radius 3 is 2.32 bits per heavy atom. The van der Waals surface area contributed by atoms with Crippen LogP contribution in [0.2, 0.25) is 0 Å². The molecule has 3 amide bonds. The molecule has 0 fully saturated rings. The highest BCUT2D eigenvalue weighted by atomic mass is 16.4. The number of nitrogens with one attached hydrogen (secondary N) is 2. The highest BCUT2D eigenvalue weighted by Gasteiger charge is 2.28. The van der Waals surface area contributed by atoms with Gasteiger partial charge in [-0.15, -0.1) is 10.2 Å². The van der Waals surface area contributed by atoms with Crippen LogP contribution in [-0.2, 0) is 9.59 Å². The van der Waals surface area contributed by atoms with Gasteiger partial charge >= 0.3 is 12.0 Å². The van der Waals surface area contributed by atoms with Crippen molar-refractivity contribution in [1.29, 1.82) is 0 Å². The van der Waals surface area contributed by atoms with Gasteiger partial charge in [-0.3, -0.25) is 4.79 Å². The molecule has 1 aromatic heterocycles. The van der Waals surface area contributed by atoms with Crippen LogP contribution in [-0.4, -0.2) is 50.5 Å². The predicted molar refractivity (Wildman–Crippen MR) is 82.8 cm³/mol. The Labute approximate surface area is 143 Å². The molecule has 8 N–H and O–H groups in total. The van der Waals surface area contributed by atoms with Crippen molar-refractivity contribution in [2.24, 2.45) is 11.5 Å². The third-order valence-electron chi connectivity index (χ3n) is 3.26. The Kier molecular flexibility index (Phi) is 7.26. The molecule has 140 valence electrons. The average Bonchev–Trinajstić information content (AvgIpc) is 3.00. The fraction of sp³-hybridized carbons (Fsp3) is 0.615. The second kappa shape index (κ2) is 8.94. The van der Waals surface area contributed by atoms with E-state index in [1.807, 2.05) is 6.92 Å². The molecule has 1 rings (SSSR count). The summed E-state index contributed by atoms with van der Waals surface area (Å²) in [6, 6.07) is -4.08. The molecule has 0 aliphatic carbocycles. The van der Waals surface area contributed by atoms with Crippen molar-refractivity contribution in [3.05, 3.63) is 11.8 Å². The maximum atomic E-state index is 12.0. The molecule has 2 unspecified atom stereocenters. The topological polar surface area (TPSA) is 207 Å². The number of carbonyl (C=O) groups excluding carboxylic acids is 2. The summed E-state index contributed by atoms with van der Waals surface area (Å²) in [6.45, 7) is 3.01. The first kappa shape index (κ1) is 20.3. The summed E-state index contributed by atoms with van der Waals surface area (Å²) in [4.78, 5) is 34.2. The van der Waals surface area contributed by atoms with Crippen LogP contribution in [0.3, 0.4) is 0 Å². The van der Waals surface area contributed by atoms with Crippen LogP contribution in [0.25, 0.3) is 0 Å². The van der Waals surface area contributed by atoms with Crippen LogP contribution < -0.4 is 22.1 Å². The second-order valence-corrected chi connectivity index (χ2v) is 5.39. The number of rotatable bonds is 9. The molecule has 0 radical (unpaired) electrons. The monoisotopic (exact) mass is 358 g/mol. The molecule has 0 spiro atoms. The zero-order valence-electron chi connectivity index (χ0n) is 13.8. The van der Waals surface area contributed by atoms with Crippen LogP contribution in [0.15, 0.2) is 4.42 Å². The van der Waals surface area contributed by atoms with Gasteiger partial charge in [0.2, 0.25) is 17.7 Å². The number of carbonyl (C=O) groups is 3. The number of carboxylic acids is 1. The maximum Gasteiger partial charge on any atom is 0.328 e. The molecule has 0 aliphatic heterocycles. The van der Waals surface area contributed by atoms with E-state index in [0.29, 0.717) is 6.42 Å². The SMILES string of the molecule is CC[C@H](N)c1nnc([C@H](CC(N)=O)NC(=O)NC(C(=O)O)C(C)O)o1. The molecule has 12 nitrogen and oxygen atoms in total. The molecule has 12 heteroatoms. The number of nitrogens with zero attached hydrogens (tertiary/aromatic N) is 2. The Morgan fingerprint density at radius 1 is 1.24 bits per heavy atom. The molecular weight excluding hydrogens is 336 g/mol. The third-order valence-corrected chi connectivity index (χ3v) is 3.26. The third kappa shape index (κ3) is 6.00. The van der Waals surface area contributed by atoms with Crippen LogP contribution >= 0.6 is 0 Å². The van der Waals surface area contributed by atoms with E-state index in [9.17, 15) is 19.5 Å². The minimum Gasteiger partial charge on any atom is -0.480 e. The highest BCUT2D eigenvalue weighted by molar-refractivity contribution is 5.83. The van der Waals surface area contributed by atoms with Gasteiger partial charge in [0.1, 0.15) is 6.04 Å². The van der Waals surface area contributed by atoms with Gasteiger partial charge in [-0.1, -0.05) is 6.92 Å². The van der Waals surface area contributed by atoms with Gasteiger partial charge in [0, 0.05) is 0 Å². The number of nitrogens with two attached hydrogens (primary N) is 2. The first-order valence-corrected chi connectivity index (χ1v) is 7.50. The van der Waals surface area contributed by atoms with E-state index < -0.39 is 42.1 Å². The molecule has 25 heavy (non-hydrogen) atoms. The molecule has 0 saturated heterocycles. The number of aromatic nitrogens is 2. The molecule has 1 aromatic rings. The Bertz CT molecular complexity index is 618. The zero-order chi connectivity index (χ0) is 19.1. The van der Waals surface area contributed by atoms with Crippen molar-refractivity contribution in [3.63, 3.8) is 0 Å². The van der Waals surface area contributed by atoms with Crippen LogP contribution in [0.1, 0.15) is 50.6 Å². The predicted octanol–water partition coefficient (Wildman–Crippen LogP) is -1.47. The largest absolute Gasteiger partial charge is 0.480 e. The van der Waals surface area contributed by atoms with Crippen molar-refractivity contribution < 1.29 is 29.0 Å². The summed E-state index contributed by atoms with van der Waals surface area (Å²) in [6.07, 6.45) is -1.16. The number of aliphatic carboxylic acids is 1. The minimum atomic E-state index is -1.54. The molecule has 0 bridgehead atoms. The standard InChI is InChI=1S/C13H22N6O6/c1-3-6(14)10-18-19-11(25-10)7(4-8(15)21)16-13(24)17-9(5(2)20)12(22)23/h5-7,9,20H,3-4,14H2,1-2H3,(H2,15,21)(H,22,23)(H2,16,17,24)/t5?,6-,7-,9?/m0/s1. The lowest BCUT2D eigenvalue weighted by atomic mass is 10.2. The highest BCUT2D eigenvalue weighted by Crippen LogP contribution is 2.19. The van der Waals surface area contributed by atoms with Gasteiger partial charge in [0.05, 0.1) is 18.6 Å². The molecule has 1 heterocycles. The molecule has 0 aromatic carbocycles. The Balaban J connectivity index is 2.89. The fourth-order valence-corrected chi connectivity index (χ4v) is 1.84. The average molecular weight is 358 g/mol. The Hall–Kier alpha value is -2.73. The van der Waals surface area contributed by atoms with Gasteiger partial charge in [-0.2, -0.15) is 0 Å². The van der Waals surface area contributed by atoms with Gasteiger partial charge in [-0.25, -0.2) is 9.59 Å². The van der Waals surface area contributed by atoms with E-state index in [-0.39, 0.29) is 18.2 Å². The number of primary amides is 1. The van der Waals surface area contributed by atoms with Gasteiger partial charge in [0.25, 0.3) is 0 Å². The molecule has 0 aliphatic rings. The summed E-state index contributed by atoms with van der Waals surface area (Å²) in [5.74, 6) is -2.15. The van der Waals surface area contributed by atoms with E-state index in [0.717, 1.165) is 0 Å².